The summed E-state index contributed by atoms with van der Waals surface area (Å²) >= 11 is 0. The van der Waals surface area contributed by atoms with Crippen LogP contribution in [0.3, 0.4) is 0 Å². The Morgan fingerprint density at radius 1 is 1.25 bits per heavy atom. The largest absolute Gasteiger partial charge is 0.396 e. The number of hydrogen-bond donors (Lipinski definition) is 2. The van der Waals surface area contributed by atoms with Crippen molar-refractivity contribution in [3.8, 4) is 0 Å². The van der Waals surface area contributed by atoms with E-state index in [2.05, 4.69) is 10.2 Å². The molecule has 3 aliphatic rings. The Balaban J connectivity index is 1.39. The molecule has 1 atom stereocenters. The summed E-state index contributed by atoms with van der Waals surface area (Å²) in [5, 5.41) is 12.7. The van der Waals surface area contributed by atoms with Gasteiger partial charge in [0.25, 0.3) is 0 Å². The molecule has 1 heterocycles. The maximum absolute atomic E-state index is 9.02. The first-order valence-electron chi connectivity index (χ1n) is 6.90. The summed E-state index contributed by atoms with van der Waals surface area (Å²) in [5.74, 6) is 0. The van der Waals surface area contributed by atoms with Crippen LogP contribution in [0.15, 0.2) is 0 Å². The van der Waals surface area contributed by atoms with Gasteiger partial charge in [-0.15, -0.1) is 0 Å². The summed E-state index contributed by atoms with van der Waals surface area (Å²) in [7, 11) is 0. The van der Waals surface area contributed by atoms with E-state index in [1.165, 1.54) is 45.2 Å². The predicted molar refractivity (Wildman–Crippen MR) is 64.4 cm³/mol. The Kier molecular flexibility index (Phi) is 2.94. The number of aliphatic hydroxyl groups is 1. The Bertz CT molecular complexity index is 248. The molecule has 1 saturated heterocycles. The molecule has 2 saturated carbocycles. The highest BCUT2D eigenvalue weighted by atomic mass is 16.3. The van der Waals surface area contributed by atoms with Crippen molar-refractivity contribution >= 4 is 0 Å². The van der Waals surface area contributed by atoms with Crippen LogP contribution < -0.4 is 5.32 Å². The summed E-state index contributed by atoms with van der Waals surface area (Å²) in [6.07, 6.45) is 7.83. The van der Waals surface area contributed by atoms with Gasteiger partial charge in [0, 0.05) is 38.3 Å². The maximum atomic E-state index is 9.02. The van der Waals surface area contributed by atoms with E-state index in [-0.39, 0.29) is 0 Å². The highest BCUT2D eigenvalue weighted by molar-refractivity contribution is 4.97. The molecule has 0 aromatic rings. The second-order valence-electron chi connectivity index (χ2n) is 6.07. The fourth-order valence-corrected chi connectivity index (χ4v) is 3.02. The Morgan fingerprint density at radius 3 is 2.69 bits per heavy atom. The normalized spacial score (nSPS) is 33.2. The van der Waals surface area contributed by atoms with Gasteiger partial charge in [0.1, 0.15) is 0 Å². The lowest BCUT2D eigenvalue weighted by Crippen LogP contribution is -2.37. The van der Waals surface area contributed by atoms with Crippen LogP contribution in [0.25, 0.3) is 0 Å². The molecule has 0 spiro atoms. The van der Waals surface area contributed by atoms with E-state index < -0.39 is 0 Å². The summed E-state index contributed by atoms with van der Waals surface area (Å²) in [6.45, 7) is 4.06. The molecule has 3 fully saturated rings. The van der Waals surface area contributed by atoms with E-state index in [0.29, 0.717) is 12.0 Å². The number of hydrogen-bond acceptors (Lipinski definition) is 3. The van der Waals surface area contributed by atoms with Crippen LogP contribution in [0.5, 0.6) is 0 Å². The lowest BCUT2D eigenvalue weighted by molar-refractivity contribution is 0.241. The van der Waals surface area contributed by atoms with Crippen LogP contribution in [0.2, 0.25) is 0 Å². The zero-order valence-corrected chi connectivity index (χ0v) is 10.1. The molecule has 1 unspecified atom stereocenters. The molecular formula is C13H24N2O. The van der Waals surface area contributed by atoms with Crippen LogP contribution in [0.1, 0.15) is 38.5 Å². The highest BCUT2D eigenvalue weighted by Crippen LogP contribution is 2.48. The molecular weight excluding hydrogens is 200 g/mol. The third kappa shape index (κ3) is 2.41. The van der Waals surface area contributed by atoms with Crippen molar-refractivity contribution in [1.29, 1.82) is 0 Å². The van der Waals surface area contributed by atoms with Crippen LogP contribution in [-0.4, -0.2) is 48.3 Å². The van der Waals surface area contributed by atoms with Gasteiger partial charge in [-0.25, -0.2) is 0 Å². The second-order valence-corrected chi connectivity index (χ2v) is 6.07. The SMILES string of the molecule is OCCC1(CNC2CCN(C3CC3)C2)CC1. The number of likely N-dealkylation sites (tertiary alicyclic amines) is 1. The molecule has 3 heteroatoms. The fourth-order valence-electron chi connectivity index (χ4n) is 3.02. The van der Waals surface area contributed by atoms with E-state index in [9.17, 15) is 0 Å². The summed E-state index contributed by atoms with van der Waals surface area (Å²) < 4.78 is 0. The topological polar surface area (TPSA) is 35.5 Å². The maximum Gasteiger partial charge on any atom is 0.0436 e. The highest BCUT2D eigenvalue weighted by Gasteiger charge is 2.42. The fraction of sp³-hybridized carbons (Fsp3) is 1.00. The van der Waals surface area contributed by atoms with Gasteiger partial charge in [0.2, 0.25) is 0 Å². The summed E-state index contributed by atoms with van der Waals surface area (Å²) in [4.78, 5) is 2.66. The number of rotatable bonds is 6. The molecule has 92 valence electrons. The van der Waals surface area contributed by atoms with E-state index in [0.717, 1.165) is 25.0 Å². The van der Waals surface area contributed by atoms with Gasteiger partial charge in [0.05, 0.1) is 0 Å². The second kappa shape index (κ2) is 4.28. The van der Waals surface area contributed by atoms with Gasteiger partial charge < -0.3 is 10.4 Å². The minimum Gasteiger partial charge on any atom is -0.396 e. The Labute approximate surface area is 98.2 Å². The molecule has 2 N–H and O–H groups in total. The minimum absolute atomic E-state index is 0.362. The van der Waals surface area contributed by atoms with Crippen LogP contribution >= 0.6 is 0 Å². The first kappa shape index (κ1) is 11.0. The standard InChI is InChI=1S/C13H24N2O/c16-8-6-13(4-5-13)10-14-11-3-7-15(9-11)12-1-2-12/h11-12,14,16H,1-10H2. The first-order valence-corrected chi connectivity index (χ1v) is 6.90. The van der Waals surface area contributed by atoms with Gasteiger partial charge in [-0.3, -0.25) is 4.90 Å². The Morgan fingerprint density at radius 2 is 2.06 bits per heavy atom. The predicted octanol–water partition coefficient (Wildman–Crippen LogP) is 0.975. The van der Waals surface area contributed by atoms with Crippen molar-refractivity contribution in [2.24, 2.45) is 5.41 Å². The van der Waals surface area contributed by atoms with Crippen LogP contribution in [-0.2, 0) is 0 Å². The minimum atomic E-state index is 0.362. The lowest BCUT2D eigenvalue weighted by Gasteiger charge is -2.19. The van der Waals surface area contributed by atoms with E-state index in [1.807, 2.05) is 0 Å². The van der Waals surface area contributed by atoms with E-state index in [1.54, 1.807) is 0 Å². The molecule has 0 amide bonds. The van der Waals surface area contributed by atoms with Crippen molar-refractivity contribution in [2.45, 2.75) is 50.6 Å². The molecule has 3 rings (SSSR count). The molecule has 1 aliphatic heterocycles. The quantitative estimate of drug-likeness (QED) is 0.706. The van der Waals surface area contributed by atoms with Gasteiger partial charge in [0.15, 0.2) is 0 Å². The third-order valence-electron chi connectivity index (χ3n) is 4.65. The summed E-state index contributed by atoms with van der Waals surface area (Å²) in [5.41, 5.74) is 0.474. The lowest BCUT2D eigenvalue weighted by atomic mass is 10.0. The van der Waals surface area contributed by atoms with Gasteiger partial charge in [-0.1, -0.05) is 0 Å². The molecule has 0 aromatic heterocycles. The first-order chi connectivity index (χ1) is 7.81. The van der Waals surface area contributed by atoms with Crippen molar-refractivity contribution in [2.75, 3.05) is 26.2 Å². The molecule has 16 heavy (non-hydrogen) atoms. The van der Waals surface area contributed by atoms with Crippen LogP contribution in [0, 0.1) is 5.41 Å². The zero-order valence-electron chi connectivity index (χ0n) is 10.1. The number of nitrogens with one attached hydrogen (secondary N) is 1. The average molecular weight is 224 g/mol. The molecule has 0 bridgehead atoms. The van der Waals surface area contributed by atoms with Crippen molar-refractivity contribution in [1.82, 2.24) is 10.2 Å². The molecule has 3 nitrogen and oxygen atoms in total. The molecule has 0 aromatic carbocycles. The van der Waals surface area contributed by atoms with Crippen LogP contribution in [0.4, 0.5) is 0 Å². The zero-order chi connectivity index (χ0) is 11.0. The van der Waals surface area contributed by atoms with Crippen molar-refractivity contribution in [3.05, 3.63) is 0 Å². The Hall–Kier alpha value is -0.120. The monoisotopic (exact) mass is 224 g/mol. The van der Waals surface area contributed by atoms with E-state index >= 15 is 0 Å². The van der Waals surface area contributed by atoms with Gasteiger partial charge in [-0.05, 0) is 43.9 Å². The number of nitrogens with zero attached hydrogens (tertiary/aromatic N) is 1. The third-order valence-corrected chi connectivity index (χ3v) is 4.65. The average Bonchev–Trinajstić information content (AvgIpc) is 3.20. The van der Waals surface area contributed by atoms with Gasteiger partial charge >= 0.3 is 0 Å². The summed E-state index contributed by atoms with van der Waals surface area (Å²) in [6, 6.07) is 1.65. The van der Waals surface area contributed by atoms with Crippen molar-refractivity contribution in [3.63, 3.8) is 0 Å². The van der Waals surface area contributed by atoms with E-state index in [4.69, 9.17) is 5.11 Å². The van der Waals surface area contributed by atoms with Crippen molar-refractivity contribution < 1.29 is 5.11 Å². The number of aliphatic hydroxyl groups excluding tert-OH is 1. The molecule has 0 radical (unpaired) electrons. The van der Waals surface area contributed by atoms with Gasteiger partial charge in [-0.2, -0.15) is 0 Å². The smallest absolute Gasteiger partial charge is 0.0436 e. The molecule has 2 aliphatic carbocycles.